The van der Waals surface area contributed by atoms with E-state index in [1.807, 2.05) is 0 Å². The summed E-state index contributed by atoms with van der Waals surface area (Å²) in [5.41, 5.74) is 4.91. The Kier molecular flexibility index (Phi) is 4.29. The third-order valence-corrected chi connectivity index (χ3v) is 4.56. The summed E-state index contributed by atoms with van der Waals surface area (Å²) in [7, 11) is 0. The molecule has 0 spiro atoms. The van der Waals surface area contributed by atoms with Gasteiger partial charge < -0.3 is 16.3 Å². The zero-order valence-corrected chi connectivity index (χ0v) is 11.6. The summed E-state index contributed by atoms with van der Waals surface area (Å²) >= 11 is 0. The molecule has 6 heteroatoms. The topological polar surface area (TPSA) is 91.0 Å². The van der Waals surface area contributed by atoms with E-state index in [9.17, 15) is 4.79 Å². The fraction of sp³-hybridized carbons (Fsp3) is 0.846. The summed E-state index contributed by atoms with van der Waals surface area (Å²) in [6.07, 6.45) is 4.78. The van der Waals surface area contributed by atoms with Gasteiger partial charge in [0.25, 0.3) is 0 Å². The number of oxime groups is 1. The highest BCUT2D eigenvalue weighted by atomic mass is 16.4. The highest BCUT2D eigenvalue weighted by molar-refractivity contribution is 6.07. The Morgan fingerprint density at radius 1 is 1.42 bits per heavy atom. The molecule has 2 aliphatic rings. The average molecular weight is 268 g/mol. The quantitative estimate of drug-likeness (QED) is 0.293. The van der Waals surface area contributed by atoms with Gasteiger partial charge in [-0.05, 0) is 45.7 Å². The molecule has 0 bridgehead atoms. The van der Waals surface area contributed by atoms with Gasteiger partial charge in [0.15, 0.2) is 5.84 Å². The Morgan fingerprint density at radius 2 is 2.05 bits per heavy atom. The van der Waals surface area contributed by atoms with Crippen LogP contribution in [-0.4, -0.2) is 47.5 Å². The van der Waals surface area contributed by atoms with E-state index in [2.05, 4.69) is 22.3 Å². The molecule has 1 amide bonds. The van der Waals surface area contributed by atoms with Crippen molar-refractivity contribution in [3.63, 3.8) is 0 Å². The lowest BCUT2D eigenvalue weighted by molar-refractivity contribution is -0.131. The van der Waals surface area contributed by atoms with Crippen molar-refractivity contribution in [3.8, 4) is 0 Å². The number of nitrogens with two attached hydrogens (primary N) is 1. The molecule has 4 N–H and O–H groups in total. The number of nitrogens with one attached hydrogen (secondary N) is 1. The molecule has 2 fully saturated rings. The first kappa shape index (κ1) is 14.1. The van der Waals surface area contributed by atoms with Gasteiger partial charge in [-0.15, -0.1) is 0 Å². The highest BCUT2D eigenvalue weighted by Gasteiger charge is 2.48. The van der Waals surface area contributed by atoms with Crippen LogP contribution >= 0.6 is 0 Å². The van der Waals surface area contributed by atoms with E-state index in [4.69, 9.17) is 10.9 Å². The lowest BCUT2D eigenvalue weighted by Crippen LogP contribution is -2.55. The zero-order chi connectivity index (χ0) is 13.9. The van der Waals surface area contributed by atoms with Crippen molar-refractivity contribution in [2.45, 2.75) is 45.1 Å². The second kappa shape index (κ2) is 5.77. The molecule has 1 aliphatic heterocycles. The number of hydrogen-bond acceptors (Lipinski definition) is 4. The van der Waals surface area contributed by atoms with Crippen LogP contribution in [-0.2, 0) is 4.79 Å². The molecule has 0 radical (unpaired) electrons. The van der Waals surface area contributed by atoms with Crippen LogP contribution in [0.3, 0.4) is 0 Å². The number of carbonyl (C=O) groups is 1. The minimum absolute atomic E-state index is 0.0464. The van der Waals surface area contributed by atoms with E-state index in [-0.39, 0.29) is 11.7 Å². The van der Waals surface area contributed by atoms with Crippen molar-refractivity contribution in [3.05, 3.63) is 0 Å². The molecule has 0 aromatic heterocycles. The first-order chi connectivity index (χ1) is 9.10. The number of hydrogen-bond donors (Lipinski definition) is 3. The van der Waals surface area contributed by atoms with E-state index in [0.717, 1.165) is 19.5 Å². The van der Waals surface area contributed by atoms with Crippen molar-refractivity contribution in [1.82, 2.24) is 10.2 Å². The average Bonchev–Trinajstić information content (AvgIpc) is 2.88. The van der Waals surface area contributed by atoms with Gasteiger partial charge in [-0.25, -0.2) is 0 Å². The molecular formula is C13H24N4O2. The monoisotopic (exact) mass is 268 g/mol. The highest BCUT2D eigenvalue weighted by Crippen LogP contribution is 2.41. The minimum atomic E-state index is -0.764. The van der Waals surface area contributed by atoms with Crippen molar-refractivity contribution >= 4 is 11.7 Å². The number of rotatable bonds is 5. The minimum Gasteiger partial charge on any atom is -0.409 e. The molecule has 6 nitrogen and oxygen atoms in total. The Morgan fingerprint density at radius 3 is 2.53 bits per heavy atom. The summed E-state index contributed by atoms with van der Waals surface area (Å²) in [5.74, 6) is -0.0508. The molecule has 1 heterocycles. The van der Waals surface area contributed by atoms with Gasteiger partial charge in [-0.3, -0.25) is 9.69 Å². The van der Waals surface area contributed by atoms with Crippen LogP contribution in [0.5, 0.6) is 0 Å². The zero-order valence-electron chi connectivity index (χ0n) is 11.6. The van der Waals surface area contributed by atoms with Gasteiger partial charge >= 0.3 is 0 Å². The van der Waals surface area contributed by atoms with Gasteiger partial charge in [0.05, 0.1) is 0 Å². The van der Waals surface area contributed by atoms with Crippen molar-refractivity contribution in [2.24, 2.45) is 16.3 Å². The van der Waals surface area contributed by atoms with Crippen molar-refractivity contribution in [2.75, 3.05) is 19.6 Å². The lowest BCUT2D eigenvalue weighted by Gasteiger charge is -2.39. The van der Waals surface area contributed by atoms with E-state index >= 15 is 0 Å². The Balaban J connectivity index is 1.86. The van der Waals surface area contributed by atoms with Crippen LogP contribution in [0.4, 0.5) is 0 Å². The third-order valence-electron chi connectivity index (χ3n) is 4.56. The molecule has 0 aromatic carbocycles. The van der Waals surface area contributed by atoms with Crippen LogP contribution in [0.2, 0.25) is 0 Å². The molecule has 108 valence electrons. The molecule has 1 aliphatic carbocycles. The SMILES string of the molecule is CC(CNC(=O)C1(C(N)=NO)CCC1)N1CCCC1. The second-order valence-electron chi connectivity index (χ2n) is 5.72. The van der Waals surface area contributed by atoms with Gasteiger partial charge in [0.2, 0.25) is 5.91 Å². The van der Waals surface area contributed by atoms with Crippen LogP contribution in [0, 0.1) is 5.41 Å². The van der Waals surface area contributed by atoms with E-state index in [1.54, 1.807) is 0 Å². The number of likely N-dealkylation sites (tertiary alicyclic amines) is 1. The summed E-state index contributed by atoms with van der Waals surface area (Å²) in [5, 5.41) is 14.8. The summed E-state index contributed by atoms with van der Waals surface area (Å²) < 4.78 is 0. The molecule has 2 rings (SSSR count). The smallest absolute Gasteiger partial charge is 0.234 e. The normalized spacial score (nSPS) is 24.8. The van der Waals surface area contributed by atoms with Crippen LogP contribution in [0.15, 0.2) is 5.16 Å². The van der Waals surface area contributed by atoms with Crippen molar-refractivity contribution < 1.29 is 10.0 Å². The summed E-state index contributed by atoms with van der Waals surface area (Å²) in [6.45, 7) is 4.98. The van der Waals surface area contributed by atoms with Gasteiger partial charge in [0, 0.05) is 12.6 Å². The second-order valence-corrected chi connectivity index (χ2v) is 5.72. The van der Waals surface area contributed by atoms with Crippen LogP contribution in [0.1, 0.15) is 39.0 Å². The summed E-state index contributed by atoms with van der Waals surface area (Å²) in [6, 6.07) is 0.343. The molecule has 0 aromatic rings. The summed E-state index contributed by atoms with van der Waals surface area (Å²) in [4.78, 5) is 14.7. The van der Waals surface area contributed by atoms with Crippen LogP contribution < -0.4 is 11.1 Å². The Hall–Kier alpha value is -1.30. The molecule has 1 atom stereocenters. The van der Waals surface area contributed by atoms with Gasteiger partial charge in [-0.1, -0.05) is 11.6 Å². The predicted octanol–water partition coefficient (Wildman–Crippen LogP) is 0.504. The number of carbonyl (C=O) groups excluding carboxylic acids is 1. The standard InChI is InChI=1S/C13H24N4O2/c1-10(17-7-2-3-8-17)9-15-12(18)13(5-4-6-13)11(14)16-19/h10,19H,2-9H2,1H3,(H2,14,16)(H,15,18). The first-order valence-electron chi connectivity index (χ1n) is 7.10. The maximum absolute atomic E-state index is 12.3. The Labute approximate surface area is 114 Å². The maximum atomic E-state index is 12.3. The number of amidine groups is 1. The third kappa shape index (κ3) is 2.68. The number of nitrogens with zero attached hydrogens (tertiary/aromatic N) is 2. The predicted molar refractivity (Wildman–Crippen MR) is 73.0 cm³/mol. The maximum Gasteiger partial charge on any atom is 0.234 e. The van der Waals surface area contributed by atoms with E-state index in [0.29, 0.717) is 25.4 Å². The molecule has 1 saturated heterocycles. The van der Waals surface area contributed by atoms with Gasteiger partial charge in [0.1, 0.15) is 5.41 Å². The largest absolute Gasteiger partial charge is 0.409 e. The number of amides is 1. The Bertz CT molecular complexity index is 360. The molecule has 19 heavy (non-hydrogen) atoms. The van der Waals surface area contributed by atoms with Crippen molar-refractivity contribution in [1.29, 1.82) is 0 Å². The van der Waals surface area contributed by atoms with Crippen LogP contribution in [0.25, 0.3) is 0 Å². The molecular weight excluding hydrogens is 244 g/mol. The molecule has 1 unspecified atom stereocenters. The fourth-order valence-electron chi connectivity index (χ4n) is 2.95. The first-order valence-corrected chi connectivity index (χ1v) is 7.10. The lowest BCUT2D eigenvalue weighted by atomic mass is 9.67. The van der Waals surface area contributed by atoms with E-state index < -0.39 is 5.41 Å². The van der Waals surface area contributed by atoms with E-state index in [1.165, 1.54) is 12.8 Å². The fourth-order valence-corrected chi connectivity index (χ4v) is 2.95. The molecule has 1 saturated carbocycles. The van der Waals surface area contributed by atoms with Gasteiger partial charge in [-0.2, -0.15) is 0 Å².